The van der Waals surface area contributed by atoms with E-state index < -0.39 is 0 Å². The fraction of sp³-hybridized carbons (Fsp3) is 0.0385. The van der Waals surface area contributed by atoms with E-state index in [9.17, 15) is 4.79 Å². The summed E-state index contributed by atoms with van der Waals surface area (Å²) in [5.74, 6) is 0. The Kier molecular flexibility index (Phi) is 5.35. The summed E-state index contributed by atoms with van der Waals surface area (Å²) in [6, 6.07) is 27.3. The zero-order chi connectivity index (χ0) is 21.9. The van der Waals surface area contributed by atoms with E-state index in [1.54, 1.807) is 6.21 Å². The van der Waals surface area contributed by atoms with Gasteiger partial charge >= 0.3 is 5.63 Å². The standard InChI is InChI=1S/C26H19N3O2S/c1-18-12-13-24-20(14-18)15-22(25(30)31-24)23-17-32-26(29(23)21-10-6-3-7-11-21)28-27-16-19-8-4-2-5-9-19/h2-17H,1H3/b27-16?,28-26-. The van der Waals surface area contributed by atoms with Crippen LogP contribution in [0.4, 0.5) is 0 Å². The van der Waals surface area contributed by atoms with Gasteiger partial charge in [-0.15, -0.1) is 16.4 Å². The predicted octanol–water partition coefficient (Wildman–Crippen LogP) is 5.56. The van der Waals surface area contributed by atoms with Gasteiger partial charge in [-0.25, -0.2) is 4.79 Å². The Morgan fingerprint density at radius 3 is 2.47 bits per heavy atom. The monoisotopic (exact) mass is 437 g/mol. The first-order chi connectivity index (χ1) is 15.7. The molecule has 0 atom stereocenters. The van der Waals surface area contributed by atoms with Crippen LogP contribution in [0.5, 0.6) is 0 Å². The van der Waals surface area contributed by atoms with E-state index in [1.165, 1.54) is 11.3 Å². The highest BCUT2D eigenvalue weighted by Gasteiger charge is 2.15. The summed E-state index contributed by atoms with van der Waals surface area (Å²) in [5.41, 5.74) is 4.34. The Hall–Kier alpha value is -4.03. The number of aryl methyl sites for hydroxylation is 1. The number of hydrogen-bond acceptors (Lipinski definition) is 5. The van der Waals surface area contributed by atoms with Gasteiger partial charge in [0.1, 0.15) is 5.58 Å². The first-order valence-corrected chi connectivity index (χ1v) is 11.0. The molecule has 5 nitrogen and oxygen atoms in total. The van der Waals surface area contributed by atoms with E-state index >= 15 is 0 Å². The van der Waals surface area contributed by atoms with Gasteiger partial charge in [0, 0.05) is 16.5 Å². The summed E-state index contributed by atoms with van der Waals surface area (Å²) in [5, 5.41) is 11.5. The smallest absolute Gasteiger partial charge is 0.345 e. The van der Waals surface area contributed by atoms with Gasteiger partial charge in [0.15, 0.2) is 0 Å². The van der Waals surface area contributed by atoms with Crippen LogP contribution in [0, 0.1) is 6.92 Å². The maximum Gasteiger partial charge on any atom is 0.345 e. The maximum atomic E-state index is 12.9. The molecule has 2 heterocycles. The van der Waals surface area contributed by atoms with Crippen molar-refractivity contribution >= 4 is 28.5 Å². The molecule has 0 fully saturated rings. The largest absolute Gasteiger partial charge is 0.422 e. The van der Waals surface area contributed by atoms with Crippen molar-refractivity contribution in [2.45, 2.75) is 6.92 Å². The molecule has 32 heavy (non-hydrogen) atoms. The lowest BCUT2D eigenvalue weighted by molar-refractivity contribution is 0.563. The van der Waals surface area contributed by atoms with Crippen LogP contribution in [0.2, 0.25) is 0 Å². The van der Waals surface area contributed by atoms with E-state index in [0.29, 0.717) is 21.6 Å². The third-order valence-corrected chi connectivity index (χ3v) is 5.85. The summed E-state index contributed by atoms with van der Waals surface area (Å²) in [6.07, 6.45) is 1.71. The molecule has 0 spiro atoms. The molecule has 0 aliphatic carbocycles. The summed E-state index contributed by atoms with van der Waals surface area (Å²) < 4.78 is 7.55. The minimum Gasteiger partial charge on any atom is -0.422 e. The van der Waals surface area contributed by atoms with Crippen molar-refractivity contribution in [1.29, 1.82) is 0 Å². The van der Waals surface area contributed by atoms with Crippen LogP contribution >= 0.6 is 11.3 Å². The Bertz CT molecular complexity index is 1550. The topological polar surface area (TPSA) is 59.9 Å². The summed E-state index contributed by atoms with van der Waals surface area (Å²) in [7, 11) is 0. The van der Waals surface area contributed by atoms with Crippen molar-refractivity contribution in [3.8, 4) is 16.9 Å². The number of rotatable bonds is 4. The van der Waals surface area contributed by atoms with Crippen LogP contribution in [0.25, 0.3) is 27.9 Å². The minimum absolute atomic E-state index is 0.386. The van der Waals surface area contributed by atoms with E-state index in [4.69, 9.17) is 4.42 Å². The van der Waals surface area contributed by atoms with Gasteiger partial charge < -0.3 is 4.42 Å². The third kappa shape index (κ3) is 3.96. The van der Waals surface area contributed by atoms with Crippen molar-refractivity contribution in [3.05, 3.63) is 117 Å². The Morgan fingerprint density at radius 1 is 0.938 bits per heavy atom. The molecule has 5 rings (SSSR count). The van der Waals surface area contributed by atoms with Crippen molar-refractivity contribution in [3.63, 3.8) is 0 Å². The van der Waals surface area contributed by atoms with Gasteiger partial charge in [-0.05, 0) is 42.8 Å². The normalized spacial score (nSPS) is 12.1. The number of benzene rings is 3. The van der Waals surface area contributed by atoms with Gasteiger partial charge in [-0.3, -0.25) is 4.57 Å². The first-order valence-electron chi connectivity index (χ1n) is 10.1. The molecule has 5 aromatic rings. The number of thiazole rings is 1. The Morgan fingerprint density at radius 2 is 1.69 bits per heavy atom. The molecule has 3 aromatic carbocycles. The molecule has 0 aliphatic heterocycles. The van der Waals surface area contributed by atoms with Crippen LogP contribution in [-0.2, 0) is 0 Å². The van der Waals surface area contributed by atoms with E-state index in [2.05, 4.69) is 10.2 Å². The van der Waals surface area contributed by atoms with Gasteiger partial charge in [-0.2, -0.15) is 5.10 Å². The Labute approximate surface area is 188 Å². The second-order valence-electron chi connectivity index (χ2n) is 7.32. The van der Waals surface area contributed by atoms with Crippen LogP contribution in [-0.4, -0.2) is 10.8 Å². The van der Waals surface area contributed by atoms with Crippen molar-refractivity contribution < 1.29 is 4.42 Å². The zero-order valence-electron chi connectivity index (χ0n) is 17.3. The molecule has 0 bridgehead atoms. The fourth-order valence-electron chi connectivity index (χ4n) is 3.50. The van der Waals surface area contributed by atoms with E-state index in [0.717, 1.165) is 22.2 Å². The van der Waals surface area contributed by atoms with E-state index in [-0.39, 0.29) is 5.63 Å². The molecule has 0 radical (unpaired) electrons. The number of fused-ring (bicyclic) bond motifs is 1. The first kappa shape index (κ1) is 19.9. The molecular weight excluding hydrogens is 418 g/mol. The highest BCUT2D eigenvalue weighted by atomic mass is 32.1. The molecule has 0 unspecified atom stereocenters. The summed E-state index contributed by atoms with van der Waals surface area (Å²) >= 11 is 1.42. The van der Waals surface area contributed by atoms with Gasteiger partial charge in [0.2, 0.25) is 4.80 Å². The summed E-state index contributed by atoms with van der Waals surface area (Å²) in [4.78, 5) is 13.5. The van der Waals surface area contributed by atoms with Gasteiger partial charge in [-0.1, -0.05) is 60.2 Å². The average Bonchev–Trinajstić information content (AvgIpc) is 3.24. The van der Waals surface area contributed by atoms with Gasteiger partial charge in [0.25, 0.3) is 0 Å². The molecule has 2 aromatic heterocycles. The maximum absolute atomic E-state index is 12.9. The molecule has 6 heteroatoms. The third-order valence-electron chi connectivity index (χ3n) is 5.04. The lowest BCUT2D eigenvalue weighted by Gasteiger charge is -2.09. The molecule has 0 aliphatic rings. The number of aromatic nitrogens is 1. The highest BCUT2D eigenvalue weighted by molar-refractivity contribution is 7.07. The molecular formula is C26H19N3O2S. The van der Waals surface area contributed by atoms with Crippen molar-refractivity contribution in [2.75, 3.05) is 0 Å². The lowest BCUT2D eigenvalue weighted by Crippen LogP contribution is -2.15. The number of hydrogen-bond donors (Lipinski definition) is 0. The second-order valence-corrected chi connectivity index (χ2v) is 8.16. The van der Waals surface area contributed by atoms with Crippen LogP contribution in [0.3, 0.4) is 0 Å². The quantitative estimate of drug-likeness (QED) is 0.210. The minimum atomic E-state index is -0.386. The predicted molar refractivity (Wildman–Crippen MR) is 129 cm³/mol. The lowest BCUT2D eigenvalue weighted by atomic mass is 10.1. The fourth-order valence-corrected chi connectivity index (χ4v) is 4.35. The molecule has 0 saturated carbocycles. The summed E-state index contributed by atoms with van der Waals surface area (Å²) in [6.45, 7) is 2.01. The Balaban J connectivity index is 1.69. The number of para-hydroxylation sites is 1. The SMILES string of the molecule is Cc1ccc2oc(=O)c(-c3cs/c(=N\N=Cc4ccccc4)n3-c3ccccc3)cc2c1. The number of nitrogens with zero attached hydrogens (tertiary/aromatic N) is 3. The second kappa shape index (κ2) is 8.61. The van der Waals surface area contributed by atoms with Crippen LogP contribution < -0.4 is 10.4 Å². The van der Waals surface area contributed by atoms with E-state index in [1.807, 2.05) is 102 Å². The molecule has 0 amide bonds. The average molecular weight is 438 g/mol. The van der Waals surface area contributed by atoms with Gasteiger partial charge in [0.05, 0.1) is 17.5 Å². The zero-order valence-corrected chi connectivity index (χ0v) is 18.1. The molecule has 0 N–H and O–H groups in total. The molecule has 0 saturated heterocycles. The van der Waals surface area contributed by atoms with Crippen molar-refractivity contribution in [2.24, 2.45) is 10.2 Å². The van der Waals surface area contributed by atoms with Crippen LogP contribution in [0.1, 0.15) is 11.1 Å². The van der Waals surface area contributed by atoms with Crippen molar-refractivity contribution in [1.82, 2.24) is 4.57 Å². The highest BCUT2D eigenvalue weighted by Crippen LogP contribution is 2.24. The molecule has 156 valence electrons. The van der Waals surface area contributed by atoms with Crippen LogP contribution in [0.15, 0.2) is 110 Å².